The van der Waals surface area contributed by atoms with Crippen LogP contribution in [0.3, 0.4) is 0 Å². The summed E-state index contributed by atoms with van der Waals surface area (Å²) in [5, 5.41) is 14.1. The van der Waals surface area contributed by atoms with Crippen molar-refractivity contribution < 1.29 is 4.92 Å². The Labute approximate surface area is 140 Å². The second-order valence-electron chi connectivity index (χ2n) is 5.73. The summed E-state index contributed by atoms with van der Waals surface area (Å²) < 4.78 is 0. The summed E-state index contributed by atoms with van der Waals surface area (Å²) in [5.74, 6) is 1.47. The van der Waals surface area contributed by atoms with Crippen LogP contribution in [-0.4, -0.2) is 41.6 Å². The molecule has 1 saturated heterocycles. The fourth-order valence-corrected chi connectivity index (χ4v) is 2.83. The first-order chi connectivity index (χ1) is 10.6. The van der Waals surface area contributed by atoms with E-state index in [-0.39, 0.29) is 18.1 Å². The number of hydrogen-bond donors (Lipinski definition) is 1. The molecule has 0 spiro atoms. The van der Waals surface area contributed by atoms with Gasteiger partial charge in [0.15, 0.2) is 0 Å². The zero-order chi connectivity index (χ0) is 15.5. The molecule has 1 aromatic heterocycles. The SMILES string of the molecule is CN(CC1CCNCC1)c1cnc2cc([N+](=O)[O-])ccc2n1.Cl. The summed E-state index contributed by atoms with van der Waals surface area (Å²) >= 11 is 0. The van der Waals surface area contributed by atoms with Crippen molar-refractivity contribution in [2.75, 3.05) is 31.6 Å². The lowest BCUT2D eigenvalue weighted by Crippen LogP contribution is -2.34. The number of non-ortho nitro benzene ring substituents is 1. The van der Waals surface area contributed by atoms with Gasteiger partial charge in [-0.05, 0) is 37.9 Å². The lowest BCUT2D eigenvalue weighted by Gasteiger charge is -2.28. The van der Waals surface area contributed by atoms with Crippen molar-refractivity contribution in [1.29, 1.82) is 0 Å². The zero-order valence-electron chi connectivity index (χ0n) is 12.9. The van der Waals surface area contributed by atoms with E-state index in [0.29, 0.717) is 17.0 Å². The maximum absolute atomic E-state index is 10.8. The molecule has 2 heterocycles. The van der Waals surface area contributed by atoms with Crippen molar-refractivity contribution in [2.45, 2.75) is 12.8 Å². The Hall–Kier alpha value is -1.99. The van der Waals surface area contributed by atoms with Crippen molar-refractivity contribution in [2.24, 2.45) is 5.92 Å². The van der Waals surface area contributed by atoms with E-state index < -0.39 is 4.92 Å². The number of nitro benzene ring substituents is 1. The maximum Gasteiger partial charge on any atom is 0.271 e. The molecule has 1 aliphatic heterocycles. The minimum atomic E-state index is -0.418. The lowest BCUT2D eigenvalue weighted by molar-refractivity contribution is -0.384. The fourth-order valence-electron chi connectivity index (χ4n) is 2.83. The largest absolute Gasteiger partial charge is 0.358 e. The molecule has 7 nitrogen and oxygen atoms in total. The average molecular weight is 338 g/mol. The van der Waals surface area contributed by atoms with Crippen LogP contribution in [0.25, 0.3) is 11.0 Å². The molecule has 0 saturated carbocycles. The van der Waals surface area contributed by atoms with E-state index in [1.54, 1.807) is 12.3 Å². The fraction of sp³-hybridized carbons (Fsp3) is 0.467. The molecule has 1 aromatic carbocycles. The van der Waals surface area contributed by atoms with E-state index >= 15 is 0 Å². The van der Waals surface area contributed by atoms with Gasteiger partial charge >= 0.3 is 0 Å². The number of nitrogens with one attached hydrogen (secondary N) is 1. The molecule has 8 heteroatoms. The van der Waals surface area contributed by atoms with Gasteiger partial charge in [-0.3, -0.25) is 15.1 Å². The molecule has 1 aliphatic rings. The van der Waals surface area contributed by atoms with Gasteiger partial charge in [-0.15, -0.1) is 12.4 Å². The van der Waals surface area contributed by atoms with E-state index in [2.05, 4.69) is 20.2 Å². The monoisotopic (exact) mass is 337 g/mol. The van der Waals surface area contributed by atoms with Crippen LogP contribution in [0.15, 0.2) is 24.4 Å². The van der Waals surface area contributed by atoms with Crippen LogP contribution in [0.2, 0.25) is 0 Å². The number of anilines is 1. The van der Waals surface area contributed by atoms with Gasteiger partial charge in [-0.1, -0.05) is 0 Å². The Morgan fingerprint density at radius 1 is 1.35 bits per heavy atom. The third kappa shape index (κ3) is 4.05. The normalized spacial score (nSPS) is 15.2. The molecular formula is C15H20ClN5O2. The number of nitro groups is 1. The molecule has 1 N–H and O–H groups in total. The van der Waals surface area contributed by atoms with Crippen LogP contribution in [-0.2, 0) is 0 Å². The highest BCUT2D eigenvalue weighted by molar-refractivity contribution is 5.85. The first-order valence-corrected chi connectivity index (χ1v) is 7.46. The Balaban J connectivity index is 0.00000192. The third-order valence-electron chi connectivity index (χ3n) is 4.11. The smallest absolute Gasteiger partial charge is 0.271 e. The summed E-state index contributed by atoms with van der Waals surface area (Å²) in [6.45, 7) is 3.10. The summed E-state index contributed by atoms with van der Waals surface area (Å²) in [6.07, 6.45) is 4.04. The maximum atomic E-state index is 10.8. The van der Waals surface area contributed by atoms with Crippen LogP contribution >= 0.6 is 12.4 Å². The molecule has 1 fully saturated rings. The van der Waals surface area contributed by atoms with Gasteiger partial charge in [0.25, 0.3) is 5.69 Å². The minimum absolute atomic E-state index is 0. The molecule has 0 atom stereocenters. The van der Waals surface area contributed by atoms with Crippen molar-refractivity contribution in [3.05, 3.63) is 34.5 Å². The van der Waals surface area contributed by atoms with E-state index in [1.165, 1.54) is 25.0 Å². The standard InChI is InChI=1S/C15H19N5O2.ClH/c1-19(10-11-4-6-16-7-5-11)15-9-17-14-8-12(20(21)22)2-3-13(14)18-15;/h2-3,8-9,11,16H,4-7,10H2,1H3;1H. The third-order valence-corrected chi connectivity index (χ3v) is 4.11. The molecule has 0 unspecified atom stereocenters. The molecule has 2 aromatic rings. The quantitative estimate of drug-likeness (QED) is 0.681. The molecule has 3 rings (SSSR count). The van der Waals surface area contributed by atoms with Gasteiger partial charge in [0.1, 0.15) is 5.82 Å². The Bertz CT molecular complexity index is 691. The number of hydrogen-bond acceptors (Lipinski definition) is 6. The van der Waals surface area contributed by atoms with Crippen molar-refractivity contribution >= 4 is 34.9 Å². The highest BCUT2D eigenvalue weighted by atomic mass is 35.5. The molecule has 0 amide bonds. The van der Waals surface area contributed by atoms with Gasteiger partial charge < -0.3 is 10.2 Å². The topological polar surface area (TPSA) is 84.2 Å². The van der Waals surface area contributed by atoms with Crippen LogP contribution in [0.5, 0.6) is 0 Å². The van der Waals surface area contributed by atoms with Gasteiger partial charge in [-0.2, -0.15) is 0 Å². The number of nitrogens with zero attached hydrogens (tertiary/aromatic N) is 4. The number of benzene rings is 1. The Kier molecular flexibility index (Phi) is 5.68. The van der Waals surface area contributed by atoms with E-state index in [1.807, 2.05) is 7.05 Å². The van der Waals surface area contributed by atoms with Gasteiger partial charge in [0.2, 0.25) is 0 Å². The second-order valence-corrected chi connectivity index (χ2v) is 5.73. The Morgan fingerprint density at radius 2 is 2.09 bits per heavy atom. The van der Waals surface area contributed by atoms with Crippen LogP contribution in [0.1, 0.15) is 12.8 Å². The predicted octanol–water partition coefficient (Wildman–Crippen LogP) is 2.40. The van der Waals surface area contributed by atoms with E-state index in [4.69, 9.17) is 0 Å². The van der Waals surface area contributed by atoms with Crippen LogP contribution in [0.4, 0.5) is 11.5 Å². The van der Waals surface area contributed by atoms with Crippen molar-refractivity contribution in [3.8, 4) is 0 Å². The van der Waals surface area contributed by atoms with Crippen LogP contribution < -0.4 is 10.2 Å². The molecule has 0 aliphatic carbocycles. The minimum Gasteiger partial charge on any atom is -0.358 e. The zero-order valence-corrected chi connectivity index (χ0v) is 13.8. The first-order valence-electron chi connectivity index (χ1n) is 7.46. The highest BCUT2D eigenvalue weighted by Crippen LogP contribution is 2.21. The molecule has 0 bridgehead atoms. The molecular weight excluding hydrogens is 318 g/mol. The summed E-state index contributed by atoms with van der Waals surface area (Å²) in [6, 6.07) is 4.58. The summed E-state index contributed by atoms with van der Waals surface area (Å²) in [4.78, 5) is 21.4. The van der Waals surface area contributed by atoms with E-state index in [9.17, 15) is 10.1 Å². The number of piperidine rings is 1. The van der Waals surface area contributed by atoms with Crippen LogP contribution in [0, 0.1) is 16.0 Å². The molecule has 23 heavy (non-hydrogen) atoms. The van der Waals surface area contributed by atoms with Gasteiger partial charge in [0.05, 0.1) is 22.2 Å². The first kappa shape index (κ1) is 17.4. The summed E-state index contributed by atoms with van der Waals surface area (Å²) in [7, 11) is 2.02. The number of aromatic nitrogens is 2. The number of halogens is 1. The average Bonchev–Trinajstić information content (AvgIpc) is 2.54. The van der Waals surface area contributed by atoms with E-state index in [0.717, 1.165) is 25.5 Å². The number of fused-ring (bicyclic) bond motifs is 1. The molecule has 0 radical (unpaired) electrons. The second kappa shape index (κ2) is 7.52. The highest BCUT2D eigenvalue weighted by Gasteiger charge is 2.16. The van der Waals surface area contributed by atoms with Crippen molar-refractivity contribution in [3.63, 3.8) is 0 Å². The predicted molar refractivity (Wildman–Crippen MR) is 92.3 cm³/mol. The number of rotatable bonds is 4. The van der Waals surface area contributed by atoms with Gasteiger partial charge in [-0.25, -0.2) is 4.98 Å². The molecule has 124 valence electrons. The van der Waals surface area contributed by atoms with Gasteiger partial charge in [0, 0.05) is 25.7 Å². The lowest BCUT2D eigenvalue weighted by atomic mass is 9.98. The Morgan fingerprint density at radius 3 is 2.78 bits per heavy atom. The van der Waals surface area contributed by atoms with Crippen molar-refractivity contribution in [1.82, 2.24) is 15.3 Å². The summed E-state index contributed by atoms with van der Waals surface area (Å²) in [5.41, 5.74) is 1.27.